The second kappa shape index (κ2) is 11.8. The van der Waals surface area contributed by atoms with Gasteiger partial charge in [0, 0.05) is 12.4 Å². The SMILES string of the molecule is CCCCCc1ccnc(-c2cc(C(CCCC)CCCC)ccn2)c1. The molecule has 2 nitrogen and oxygen atoms in total. The first-order chi connectivity index (χ1) is 12.8. The van der Waals surface area contributed by atoms with E-state index in [1.54, 1.807) is 0 Å². The van der Waals surface area contributed by atoms with Crippen LogP contribution in [0, 0.1) is 0 Å². The Morgan fingerprint density at radius 2 is 1.35 bits per heavy atom. The Labute approximate surface area is 160 Å². The van der Waals surface area contributed by atoms with E-state index in [9.17, 15) is 0 Å². The van der Waals surface area contributed by atoms with E-state index < -0.39 is 0 Å². The van der Waals surface area contributed by atoms with Crippen LogP contribution >= 0.6 is 0 Å². The molecule has 2 heterocycles. The van der Waals surface area contributed by atoms with Gasteiger partial charge in [-0.1, -0.05) is 59.3 Å². The lowest BCUT2D eigenvalue weighted by Crippen LogP contribution is -2.01. The summed E-state index contributed by atoms with van der Waals surface area (Å²) in [5.41, 5.74) is 4.86. The average Bonchev–Trinajstić information content (AvgIpc) is 2.69. The Morgan fingerprint density at radius 3 is 2.00 bits per heavy atom. The zero-order valence-electron chi connectivity index (χ0n) is 17.0. The van der Waals surface area contributed by atoms with Crippen molar-refractivity contribution >= 4 is 0 Å². The quantitative estimate of drug-likeness (QED) is 0.373. The number of unbranched alkanes of at least 4 members (excludes halogenated alkanes) is 4. The molecule has 0 aliphatic carbocycles. The normalized spacial score (nSPS) is 11.2. The first-order valence-corrected chi connectivity index (χ1v) is 10.7. The Bertz CT molecular complexity index is 628. The molecule has 26 heavy (non-hydrogen) atoms. The van der Waals surface area contributed by atoms with Crippen LogP contribution in [0.15, 0.2) is 36.7 Å². The number of pyridine rings is 2. The van der Waals surface area contributed by atoms with Gasteiger partial charge in [0.15, 0.2) is 0 Å². The fourth-order valence-corrected chi connectivity index (χ4v) is 3.57. The summed E-state index contributed by atoms with van der Waals surface area (Å²) in [6, 6.07) is 8.88. The van der Waals surface area contributed by atoms with Crippen LogP contribution in [0.25, 0.3) is 11.4 Å². The van der Waals surface area contributed by atoms with Crippen LogP contribution < -0.4 is 0 Å². The van der Waals surface area contributed by atoms with Gasteiger partial charge in [-0.2, -0.15) is 0 Å². The van der Waals surface area contributed by atoms with Crippen molar-refractivity contribution in [3.63, 3.8) is 0 Å². The van der Waals surface area contributed by atoms with Crippen molar-refractivity contribution < 1.29 is 0 Å². The maximum absolute atomic E-state index is 4.63. The highest BCUT2D eigenvalue weighted by atomic mass is 14.8. The van der Waals surface area contributed by atoms with Crippen LogP contribution in [0.1, 0.15) is 95.6 Å². The summed E-state index contributed by atoms with van der Waals surface area (Å²) in [6.45, 7) is 6.81. The van der Waals surface area contributed by atoms with Crippen LogP contribution in [0.4, 0.5) is 0 Å². The largest absolute Gasteiger partial charge is 0.255 e. The zero-order valence-corrected chi connectivity index (χ0v) is 17.0. The summed E-state index contributed by atoms with van der Waals surface area (Å²) in [5, 5.41) is 0. The van der Waals surface area contributed by atoms with Crippen molar-refractivity contribution in [2.24, 2.45) is 0 Å². The third-order valence-electron chi connectivity index (χ3n) is 5.22. The highest BCUT2D eigenvalue weighted by Gasteiger charge is 2.13. The minimum Gasteiger partial charge on any atom is -0.255 e. The van der Waals surface area contributed by atoms with Crippen molar-refractivity contribution in [3.05, 3.63) is 47.8 Å². The molecule has 0 atom stereocenters. The molecule has 0 fully saturated rings. The van der Waals surface area contributed by atoms with Gasteiger partial charge in [-0.25, -0.2) is 0 Å². The van der Waals surface area contributed by atoms with Crippen molar-refractivity contribution in [2.45, 2.75) is 90.9 Å². The molecular weight excluding hydrogens is 316 g/mol. The van der Waals surface area contributed by atoms with Gasteiger partial charge in [-0.15, -0.1) is 0 Å². The van der Waals surface area contributed by atoms with E-state index in [2.05, 4.69) is 55.0 Å². The fourth-order valence-electron chi connectivity index (χ4n) is 3.57. The molecular formula is C24H36N2. The summed E-state index contributed by atoms with van der Waals surface area (Å²) in [4.78, 5) is 9.23. The number of nitrogens with zero attached hydrogens (tertiary/aromatic N) is 2. The molecule has 0 radical (unpaired) electrons. The molecule has 0 saturated carbocycles. The Morgan fingerprint density at radius 1 is 0.731 bits per heavy atom. The van der Waals surface area contributed by atoms with E-state index in [4.69, 9.17) is 0 Å². The van der Waals surface area contributed by atoms with Gasteiger partial charge in [0.05, 0.1) is 11.4 Å². The summed E-state index contributed by atoms with van der Waals surface area (Å²) < 4.78 is 0. The van der Waals surface area contributed by atoms with E-state index in [-0.39, 0.29) is 0 Å². The summed E-state index contributed by atoms with van der Waals surface area (Å²) in [5.74, 6) is 0.657. The van der Waals surface area contributed by atoms with Crippen molar-refractivity contribution in [2.75, 3.05) is 0 Å². The molecule has 2 aromatic rings. The fraction of sp³-hybridized carbons (Fsp3) is 0.583. The number of rotatable bonds is 12. The Balaban J connectivity index is 2.17. The summed E-state index contributed by atoms with van der Waals surface area (Å²) in [7, 11) is 0. The molecule has 0 N–H and O–H groups in total. The molecule has 2 heteroatoms. The highest BCUT2D eigenvalue weighted by molar-refractivity contribution is 5.56. The second-order valence-corrected chi connectivity index (χ2v) is 7.46. The van der Waals surface area contributed by atoms with Gasteiger partial charge < -0.3 is 0 Å². The molecule has 2 aromatic heterocycles. The molecule has 0 bridgehead atoms. The molecule has 0 spiro atoms. The van der Waals surface area contributed by atoms with E-state index >= 15 is 0 Å². The maximum atomic E-state index is 4.63. The highest BCUT2D eigenvalue weighted by Crippen LogP contribution is 2.29. The third-order valence-corrected chi connectivity index (χ3v) is 5.22. The number of aromatic nitrogens is 2. The molecule has 142 valence electrons. The van der Waals surface area contributed by atoms with E-state index in [0.717, 1.165) is 17.8 Å². The standard InChI is InChI=1S/C24H36N2/c1-4-7-10-11-20-14-16-25-23(18-20)24-19-22(15-17-26-24)21(12-8-5-2)13-9-6-3/h14-19,21H,4-13H2,1-3H3. The maximum Gasteiger partial charge on any atom is 0.0889 e. The monoisotopic (exact) mass is 352 g/mol. The van der Waals surface area contributed by atoms with Gasteiger partial charge >= 0.3 is 0 Å². The number of hydrogen-bond donors (Lipinski definition) is 0. The van der Waals surface area contributed by atoms with Crippen molar-refractivity contribution in [1.82, 2.24) is 9.97 Å². The number of hydrogen-bond acceptors (Lipinski definition) is 2. The first-order valence-electron chi connectivity index (χ1n) is 10.7. The first kappa shape index (κ1) is 20.6. The lowest BCUT2D eigenvalue weighted by molar-refractivity contribution is 0.524. The molecule has 2 rings (SSSR count). The molecule has 0 aliphatic rings. The lowest BCUT2D eigenvalue weighted by Gasteiger charge is -2.17. The molecule has 0 aromatic carbocycles. The third kappa shape index (κ3) is 6.55. The van der Waals surface area contributed by atoms with Crippen LogP contribution in [-0.2, 0) is 6.42 Å². The van der Waals surface area contributed by atoms with Gasteiger partial charge in [0.1, 0.15) is 0 Å². The minimum atomic E-state index is 0.657. The van der Waals surface area contributed by atoms with Crippen LogP contribution in [0.5, 0.6) is 0 Å². The Kier molecular flexibility index (Phi) is 9.38. The molecule has 0 aliphatic heterocycles. The number of aryl methyl sites for hydroxylation is 1. The van der Waals surface area contributed by atoms with Crippen molar-refractivity contribution in [1.29, 1.82) is 0 Å². The van der Waals surface area contributed by atoms with E-state index in [0.29, 0.717) is 5.92 Å². The van der Waals surface area contributed by atoms with Gasteiger partial charge in [-0.05, 0) is 67.0 Å². The lowest BCUT2D eigenvalue weighted by atomic mass is 9.89. The van der Waals surface area contributed by atoms with Crippen LogP contribution in [-0.4, -0.2) is 9.97 Å². The minimum absolute atomic E-state index is 0.657. The van der Waals surface area contributed by atoms with Crippen LogP contribution in [0.3, 0.4) is 0 Å². The summed E-state index contributed by atoms with van der Waals surface area (Å²) >= 11 is 0. The van der Waals surface area contributed by atoms with Gasteiger partial charge in [0.2, 0.25) is 0 Å². The topological polar surface area (TPSA) is 25.8 Å². The molecule has 0 unspecified atom stereocenters. The zero-order chi connectivity index (χ0) is 18.6. The summed E-state index contributed by atoms with van der Waals surface area (Å²) in [6.07, 6.45) is 16.6. The smallest absolute Gasteiger partial charge is 0.0889 e. The van der Waals surface area contributed by atoms with E-state index in [1.165, 1.54) is 68.9 Å². The Hall–Kier alpha value is -1.70. The van der Waals surface area contributed by atoms with Gasteiger partial charge in [0.25, 0.3) is 0 Å². The second-order valence-electron chi connectivity index (χ2n) is 7.46. The predicted molar refractivity (Wildman–Crippen MR) is 112 cm³/mol. The predicted octanol–water partition coefficient (Wildman–Crippen LogP) is 7.34. The molecule has 0 amide bonds. The van der Waals surface area contributed by atoms with Gasteiger partial charge in [-0.3, -0.25) is 9.97 Å². The van der Waals surface area contributed by atoms with Crippen LogP contribution in [0.2, 0.25) is 0 Å². The molecule has 0 saturated heterocycles. The van der Waals surface area contributed by atoms with Crippen molar-refractivity contribution in [3.8, 4) is 11.4 Å². The van der Waals surface area contributed by atoms with E-state index in [1.807, 2.05) is 12.4 Å². The average molecular weight is 353 g/mol.